The molecule has 2 aliphatic heterocycles. The fraction of sp³-hybridized carbons (Fsp3) is 0.333. The third-order valence-electron chi connectivity index (χ3n) is 6.97. The predicted molar refractivity (Wildman–Crippen MR) is 133 cm³/mol. The second-order valence-electron chi connectivity index (χ2n) is 9.35. The number of amides is 1. The molecule has 3 heterocycles. The zero-order chi connectivity index (χ0) is 24.4. The molecule has 2 unspecified atom stereocenters. The Bertz CT molecular complexity index is 1230. The SMILES string of the molecule is CN1CC2CC1CN2c1ncc(CCc2ccc(C(N)=O)cc2)c(OCc2cccc(C=O)c2)n1. The van der Waals surface area contributed by atoms with E-state index in [1.165, 1.54) is 0 Å². The van der Waals surface area contributed by atoms with E-state index in [1.54, 1.807) is 18.2 Å². The van der Waals surface area contributed by atoms with Gasteiger partial charge in [-0.05, 0) is 55.6 Å². The lowest BCUT2D eigenvalue weighted by Crippen LogP contribution is -2.45. The van der Waals surface area contributed by atoms with Gasteiger partial charge in [0, 0.05) is 48.1 Å². The molecule has 1 amide bonds. The van der Waals surface area contributed by atoms with Gasteiger partial charge in [0.1, 0.15) is 12.9 Å². The van der Waals surface area contributed by atoms with E-state index >= 15 is 0 Å². The van der Waals surface area contributed by atoms with Gasteiger partial charge < -0.3 is 15.4 Å². The summed E-state index contributed by atoms with van der Waals surface area (Å²) in [7, 11) is 2.17. The molecule has 0 spiro atoms. The van der Waals surface area contributed by atoms with E-state index in [4.69, 9.17) is 20.4 Å². The van der Waals surface area contributed by atoms with Gasteiger partial charge in [-0.1, -0.05) is 30.3 Å². The average Bonchev–Trinajstić information content (AvgIpc) is 3.46. The fourth-order valence-corrected chi connectivity index (χ4v) is 4.95. The van der Waals surface area contributed by atoms with Gasteiger partial charge >= 0.3 is 0 Å². The first-order chi connectivity index (χ1) is 17.0. The van der Waals surface area contributed by atoms with Crippen LogP contribution in [0.2, 0.25) is 0 Å². The molecule has 0 radical (unpaired) electrons. The van der Waals surface area contributed by atoms with Crippen molar-refractivity contribution < 1.29 is 14.3 Å². The number of fused-ring (bicyclic) bond motifs is 2. The number of likely N-dealkylation sites (N-methyl/N-ethyl adjacent to an activating group) is 1. The van der Waals surface area contributed by atoms with Crippen LogP contribution in [-0.2, 0) is 19.4 Å². The summed E-state index contributed by atoms with van der Waals surface area (Å²) in [5.74, 6) is 0.838. The molecule has 180 valence electrons. The molecule has 2 saturated heterocycles. The van der Waals surface area contributed by atoms with Crippen LogP contribution in [-0.4, -0.2) is 59.3 Å². The Morgan fingerprint density at radius 2 is 1.94 bits per heavy atom. The lowest BCUT2D eigenvalue weighted by Gasteiger charge is -2.32. The summed E-state index contributed by atoms with van der Waals surface area (Å²) in [6, 6.07) is 15.7. The molecule has 2 bridgehead atoms. The van der Waals surface area contributed by atoms with E-state index < -0.39 is 5.91 Å². The first-order valence-electron chi connectivity index (χ1n) is 11.9. The highest BCUT2D eigenvalue weighted by Gasteiger charge is 2.42. The van der Waals surface area contributed by atoms with Crippen molar-refractivity contribution >= 4 is 18.1 Å². The molecule has 2 fully saturated rings. The number of piperazine rings is 1. The van der Waals surface area contributed by atoms with Gasteiger partial charge in [0.05, 0.1) is 0 Å². The first-order valence-corrected chi connectivity index (χ1v) is 11.9. The van der Waals surface area contributed by atoms with Gasteiger partial charge in [-0.15, -0.1) is 0 Å². The molecule has 2 N–H and O–H groups in total. The fourth-order valence-electron chi connectivity index (χ4n) is 4.95. The Labute approximate surface area is 204 Å². The van der Waals surface area contributed by atoms with Crippen LogP contribution >= 0.6 is 0 Å². The molecular formula is C27H29N5O3. The zero-order valence-corrected chi connectivity index (χ0v) is 19.8. The summed E-state index contributed by atoms with van der Waals surface area (Å²) in [4.78, 5) is 36.7. The number of anilines is 1. The van der Waals surface area contributed by atoms with Crippen LogP contribution in [0.3, 0.4) is 0 Å². The van der Waals surface area contributed by atoms with E-state index in [0.29, 0.717) is 48.1 Å². The van der Waals surface area contributed by atoms with Crippen molar-refractivity contribution in [1.82, 2.24) is 14.9 Å². The van der Waals surface area contributed by atoms with Gasteiger partial charge in [-0.25, -0.2) is 4.98 Å². The Kier molecular flexibility index (Phi) is 6.46. The summed E-state index contributed by atoms with van der Waals surface area (Å²) in [6.45, 7) is 2.26. The Morgan fingerprint density at radius 3 is 2.63 bits per heavy atom. The topological polar surface area (TPSA) is 102 Å². The average molecular weight is 472 g/mol. The summed E-state index contributed by atoms with van der Waals surface area (Å²) in [5.41, 5.74) is 9.37. The Morgan fingerprint density at radius 1 is 1.11 bits per heavy atom. The number of aryl methyl sites for hydroxylation is 2. The van der Waals surface area contributed by atoms with Gasteiger partial charge in [0.2, 0.25) is 17.7 Å². The minimum Gasteiger partial charge on any atom is -0.472 e. The number of nitrogens with two attached hydrogens (primary N) is 1. The van der Waals surface area contributed by atoms with Crippen LogP contribution in [0.4, 0.5) is 5.95 Å². The maximum Gasteiger partial charge on any atom is 0.248 e. The number of aldehydes is 1. The van der Waals surface area contributed by atoms with E-state index in [1.807, 2.05) is 36.5 Å². The number of carbonyl (C=O) groups is 2. The highest BCUT2D eigenvalue weighted by atomic mass is 16.5. The minimum atomic E-state index is -0.434. The number of nitrogens with zero attached hydrogens (tertiary/aromatic N) is 4. The van der Waals surface area contributed by atoms with E-state index in [0.717, 1.165) is 48.9 Å². The van der Waals surface area contributed by atoms with Crippen molar-refractivity contribution in [2.75, 3.05) is 25.0 Å². The van der Waals surface area contributed by atoms with E-state index in [9.17, 15) is 9.59 Å². The van der Waals surface area contributed by atoms with E-state index in [2.05, 4.69) is 16.8 Å². The minimum absolute atomic E-state index is 0.313. The van der Waals surface area contributed by atoms with Gasteiger partial charge in [0.15, 0.2) is 0 Å². The molecule has 5 rings (SSSR count). The van der Waals surface area contributed by atoms with Crippen LogP contribution in [0.15, 0.2) is 54.7 Å². The van der Waals surface area contributed by atoms with Crippen molar-refractivity contribution in [3.05, 3.63) is 82.5 Å². The molecule has 35 heavy (non-hydrogen) atoms. The third kappa shape index (κ3) is 5.02. The lowest BCUT2D eigenvalue weighted by atomic mass is 10.0. The maximum atomic E-state index is 11.3. The normalized spacial score (nSPS) is 19.2. The number of aromatic nitrogens is 2. The van der Waals surface area contributed by atoms with Gasteiger partial charge in [-0.3, -0.25) is 14.5 Å². The zero-order valence-electron chi connectivity index (χ0n) is 19.8. The summed E-state index contributed by atoms with van der Waals surface area (Å²) < 4.78 is 6.20. The van der Waals surface area contributed by atoms with Crippen molar-refractivity contribution in [1.29, 1.82) is 0 Å². The number of hydrogen-bond acceptors (Lipinski definition) is 7. The molecule has 1 aromatic heterocycles. The van der Waals surface area contributed by atoms with Crippen LogP contribution in [0.25, 0.3) is 0 Å². The van der Waals surface area contributed by atoms with Crippen molar-refractivity contribution in [2.45, 2.75) is 38.0 Å². The van der Waals surface area contributed by atoms with Crippen molar-refractivity contribution in [2.24, 2.45) is 5.73 Å². The quantitative estimate of drug-likeness (QED) is 0.479. The molecule has 3 aromatic rings. The molecular weight excluding hydrogens is 442 g/mol. The number of hydrogen-bond donors (Lipinski definition) is 1. The smallest absolute Gasteiger partial charge is 0.248 e. The van der Waals surface area contributed by atoms with Crippen molar-refractivity contribution in [3.8, 4) is 5.88 Å². The monoisotopic (exact) mass is 471 g/mol. The molecule has 2 aliphatic rings. The molecule has 2 aromatic carbocycles. The number of likely N-dealkylation sites (tertiary alicyclic amines) is 1. The van der Waals surface area contributed by atoms with Crippen LogP contribution in [0.1, 0.15) is 43.8 Å². The molecule has 0 saturated carbocycles. The predicted octanol–water partition coefficient (Wildman–Crippen LogP) is 2.64. The third-order valence-corrected chi connectivity index (χ3v) is 6.97. The van der Waals surface area contributed by atoms with Gasteiger partial charge in [-0.2, -0.15) is 4.98 Å². The number of carbonyl (C=O) groups excluding carboxylic acids is 2. The molecule has 8 nitrogen and oxygen atoms in total. The summed E-state index contributed by atoms with van der Waals surface area (Å²) in [5, 5.41) is 0. The van der Waals surface area contributed by atoms with E-state index in [-0.39, 0.29) is 0 Å². The first kappa shape index (κ1) is 23.0. The molecule has 2 atom stereocenters. The Hall–Kier alpha value is -3.78. The maximum absolute atomic E-state index is 11.3. The number of ether oxygens (including phenoxy) is 1. The highest BCUT2D eigenvalue weighted by Crippen LogP contribution is 2.33. The lowest BCUT2D eigenvalue weighted by molar-refractivity contribution is 0.0999. The standard InChI is InChI=1S/C27H29N5O3/c1-31-14-24-12-23(31)15-32(24)27-29-13-22(10-7-18-5-8-21(9-6-18)25(28)34)26(30-27)35-17-20-4-2-3-19(11-20)16-33/h2-6,8-9,11,13,16,23-24H,7,10,12,14-15,17H2,1H3,(H2,28,34). The second kappa shape index (κ2) is 9.84. The van der Waals surface area contributed by atoms with Crippen LogP contribution < -0.4 is 15.4 Å². The molecule has 0 aliphatic carbocycles. The summed E-state index contributed by atoms with van der Waals surface area (Å²) in [6.07, 6.45) is 5.28. The Balaban J connectivity index is 1.35. The second-order valence-corrected chi connectivity index (χ2v) is 9.35. The largest absolute Gasteiger partial charge is 0.472 e. The number of rotatable bonds is 9. The summed E-state index contributed by atoms with van der Waals surface area (Å²) >= 11 is 0. The number of benzene rings is 2. The van der Waals surface area contributed by atoms with Gasteiger partial charge in [0.25, 0.3) is 0 Å². The number of primary amides is 1. The van der Waals surface area contributed by atoms with Crippen LogP contribution in [0.5, 0.6) is 5.88 Å². The molecule has 8 heteroatoms. The highest BCUT2D eigenvalue weighted by molar-refractivity contribution is 5.92. The van der Waals surface area contributed by atoms with Crippen molar-refractivity contribution in [3.63, 3.8) is 0 Å². The van der Waals surface area contributed by atoms with Crippen LogP contribution in [0, 0.1) is 0 Å².